The maximum atomic E-state index is 5.28. The van der Waals surface area contributed by atoms with Crippen LogP contribution in [-0.2, 0) is 6.54 Å². The molecule has 0 spiro atoms. The fraction of sp³-hybridized carbons (Fsp3) is 0.667. The lowest BCUT2D eigenvalue weighted by Crippen LogP contribution is -2.25. The minimum atomic E-state index is 0.575. The van der Waals surface area contributed by atoms with Crippen LogP contribution in [0, 0.1) is 0 Å². The Morgan fingerprint density at radius 2 is 2.38 bits per heavy atom. The van der Waals surface area contributed by atoms with E-state index in [1.165, 1.54) is 22.8 Å². The Labute approximate surface area is 107 Å². The summed E-state index contributed by atoms with van der Waals surface area (Å²) in [6, 6.07) is 2.60. The number of ether oxygens (including phenoxy) is 1. The van der Waals surface area contributed by atoms with Crippen LogP contribution in [0.2, 0.25) is 0 Å². The Morgan fingerprint density at radius 3 is 3.06 bits per heavy atom. The van der Waals surface area contributed by atoms with Crippen LogP contribution in [0.1, 0.15) is 25.1 Å². The molecule has 1 N–H and O–H groups in total. The molecule has 2 nitrogen and oxygen atoms in total. The van der Waals surface area contributed by atoms with Crippen LogP contribution >= 0.6 is 23.1 Å². The van der Waals surface area contributed by atoms with Crippen LogP contribution in [0.5, 0.6) is 5.75 Å². The molecule has 1 atom stereocenters. The molecule has 0 bridgehead atoms. The van der Waals surface area contributed by atoms with Crippen molar-refractivity contribution in [2.45, 2.75) is 32.9 Å². The van der Waals surface area contributed by atoms with Gasteiger partial charge in [-0.05, 0) is 36.3 Å². The monoisotopic (exact) mass is 259 g/mol. The molecule has 0 aliphatic carbocycles. The van der Waals surface area contributed by atoms with Crippen molar-refractivity contribution in [1.82, 2.24) is 5.32 Å². The standard InChI is InChI=1S/C12H21NOS2/c1-4-15-7-5-10(2)13-9-12-11(14-3)6-8-16-12/h6,8,10,13H,4-5,7,9H2,1-3H3. The van der Waals surface area contributed by atoms with Gasteiger partial charge in [0.25, 0.3) is 0 Å². The van der Waals surface area contributed by atoms with Crippen molar-refractivity contribution < 1.29 is 4.74 Å². The van der Waals surface area contributed by atoms with Crippen molar-refractivity contribution in [3.8, 4) is 5.75 Å². The zero-order valence-electron chi connectivity index (χ0n) is 10.3. The number of thioether (sulfide) groups is 1. The van der Waals surface area contributed by atoms with Gasteiger partial charge in [0.1, 0.15) is 5.75 Å². The van der Waals surface area contributed by atoms with E-state index in [1.54, 1.807) is 18.4 Å². The zero-order valence-corrected chi connectivity index (χ0v) is 11.9. The largest absolute Gasteiger partial charge is 0.496 e. The summed E-state index contributed by atoms with van der Waals surface area (Å²) in [7, 11) is 1.73. The zero-order chi connectivity index (χ0) is 11.8. The van der Waals surface area contributed by atoms with Gasteiger partial charge in [-0.3, -0.25) is 0 Å². The van der Waals surface area contributed by atoms with Crippen LogP contribution in [-0.4, -0.2) is 24.7 Å². The number of methoxy groups -OCH3 is 1. The van der Waals surface area contributed by atoms with E-state index in [0.717, 1.165) is 12.3 Å². The van der Waals surface area contributed by atoms with Gasteiger partial charge in [-0.25, -0.2) is 0 Å². The average Bonchev–Trinajstić information content (AvgIpc) is 2.74. The summed E-state index contributed by atoms with van der Waals surface area (Å²) in [4.78, 5) is 1.29. The quantitative estimate of drug-likeness (QED) is 0.723. The van der Waals surface area contributed by atoms with E-state index in [-0.39, 0.29) is 0 Å². The molecule has 0 radical (unpaired) electrons. The molecule has 92 valence electrons. The average molecular weight is 259 g/mol. The lowest BCUT2D eigenvalue weighted by molar-refractivity contribution is 0.408. The number of rotatable bonds is 8. The summed E-state index contributed by atoms with van der Waals surface area (Å²) >= 11 is 3.76. The Hall–Kier alpha value is -0.190. The first-order chi connectivity index (χ1) is 7.77. The maximum absolute atomic E-state index is 5.28. The molecule has 1 aromatic rings. The molecule has 1 unspecified atom stereocenters. The fourth-order valence-corrected chi connectivity index (χ4v) is 3.01. The van der Waals surface area contributed by atoms with Gasteiger partial charge in [-0.15, -0.1) is 11.3 Å². The Balaban J connectivity index is 2.23. The summed E-state index contributed by atoms with van der Waals surface area (Å²) in [5, 5.41) is 5.61. The smallest absolute Gasteiger partial charge is 0.134 e. The normalized spacial score (nSPS) is 12.7. The van der Waals surface area contributed by atoms with E-state index in [1.807, 2.05) is 17.8 Å². The highest BCUT2D eigenvalue weighted by molar-refractivity contribution is 7.99. The Kier molecular flexibility index (Phi) is 6.92. The minimum Gasteiger partial charge on any atom is -0.496 e. The molecule has 0 aliphatic rings. The van der Waals surface area contributed by atoms with Crippen LogP contribution in [0.4, 0.5) is 0 Å². The topological polar surface area (TPSA) is 21.3 Å². The lowest BCUT2D eigenvalue weighted by Gasteiger charge is -2.13. The predicted molar refractivity (Wildman–Crippen MR) is 74.8 cm³/mol. The van der Waals surface area contributed by atoms with Crippen LogP contribution in [0.3, 0.4) is 0 Å². The second-order valence-electron chi connectivity index (χ2n) is 3.68. The third-order valence-electron chi connectivity index (χ3n) is 2.43. The molecular formula is C12H21NOS2. The van der Waals surface area contributed by atoms with E-state index >= 15 is 0 Å². The molecule has 0 aliphatic heterocycles. The second kappa shape index (κ2) is 7.98. The van der Waals surface area contributed by atoms with Gasteiger partial charge >= 0.3 is 0 Å². The molecule has 0 fully saturated rings. The van der Waals surface area contributed by atoms with Crippen molar-refractivity contribution in [3.05, 3.63) is 16.3 Å². The Bertz CT molecular complexity index is 288. The van der Waals surface area contributed by atoms with Crippen LogP contribution in [0.25, 0.3) is 0 Å². The molecule has 1 heterocycles. The lowest BCUT2D eigenvalue weighted by atomic mass is 10.2. The molecule has 16 heavy (non-hydrogen) atoms. The van der Waals surface area contributed by atoms with Gasteiger partial charge in [0.15, 0.2) is 0 Å². The van der Waals surface area contributed by atoms with Gasteiger partial charge in [0.05, 0.1) is 12.0 Å². The highest BCUT2D eigenvalue weighted by atomic mass is 32.2. The van der Waals surface area contributed by atoms with Gasteiger partial charge < -0.3 is 10.1 Å². The highest BCUT2D eigenvalue weighted by Crippen LogP contribution is 2.24. The van der Waals surface area contributed by atoms with Crippen molar-refractivity contribution in [1.29, 1.82) is 0 Å². The first-order valence-corrected chi connectivity index (χ1v) is 7.72. The van der Waals surface area contributed by atoms with E-state index in [0.29, 0.717) is 6.04 Å². The fourth-order valence-electron chi connectivity index (χ4n) is 1.41. The van der Waals surface area contributed by atoms with Crippen molar-refractivity contribution in [3.63, 3.8) is 0 Å². The Morgan fingerprint density at radius 1 is 1.56 bits per heavy atom. The SMILES string of the molecule is CCSCCC(C)NCc1sccc1OC. The minimum absolute atomic E-state index is 0.575. The summed E-state index contributed by atoms with van der Waals surface area (Å²) < 4.78 is 5.28. The summed E-state index contributed by atoms with van der Waals surface area (Å²) in [6.45, 7) is 5.37. The van der Waals surface area contributed by atoms with Gasteiger partial charge in [0, 0.05) is 12.6 Å². The number of nitrogens with one attached hydrogen (secondary N) is 1. The number of hydrogen-bond acceptors (Lipinski definition) is 4. The molecule has 0 amide bonds. The molecule has 0 saturated heterocycles. The first-order valence-electron chi connectivity index (χ1n) is 5.69. The third kappa shape index (κ3) is 4.76. The first kappa shape index (κ1) is 13.9. The van der Waals surface area contributed by atoms with Crippen molar-refractivity contribution in [2.75, 3.05) is 18.6 Å². The molecule has 1 rings (SSSR count). The summed E-state index contributed by atoms with van der Waals surface area (Å²) in [5.41, 5.74) is 0. The van der Waals surface area contributed by atoms with Gasteiger partial charge in [-0.2, -0.15) is 11.8 Å². The summed E-state index contributed by atoms with van der Waals surface area (Å²) in [5.74, 6) is 3.46. The van der Waals surface area contributed by atoms with E-state index in [9.17, 15) is 0 Å². The van der Waals surface area contributed by atoms with E-state index in [4.69, 9.17) is 4.74 Å². The molecule has 0 aromatic carbocycles. The van der Waals surface area contributed by atoms with Gasteiger partial charge in [-0.1, -0.05) is 6.92 Å². The van der Waals surface area contributed by atoms with E-state index in [2.05, 4.69) is 24.5 Å². The number of thiophene rings is 1. The highest BCUT2D eigenvalue weighted by Gasteiger charge is 2.06. The molecule has 4 heteroatoms. The summed E-state index contributed by atoms with van der Waals surface area (Å²) in [6.07, 6.45) is 1.23. The van der Waals surface area contributed by atoms with Crippen molar-refractivity contribution in [2.24, 2.45) is 0 Å². The molecule has 1 aromatic heterocycles. The second-order valence-corrected chi connectivity index (χ2v) is 6.07. The predicted octanol–water partition coefficient (Wildman–Crippen LogP) is 3.38. The van der Waals surface area contributed by atoms with Gasteiger partial charge in [0.2, 0.25) is 0 Å². The van der Waals surface area contributed by atoms with Crippen LogP contribution in [0.15, 0.2) is 11.4 Å². The molecular weight excluding hydrogens is 238 g/mol. The maximum Gasteiger partial charge on any atom is 0.134 e. The van der Waals surface area contributed by atoms with Crippen molar-refractivity contribution >= 4 is 23.1 Å². The number of hydrogen-bond donors (Lipinski definition) is 1. The van der Waals surface area contributed by atoms with E-state index < -0.39 is 0 Å². The molecule has 0 saturated carbocycles. The third-order valence-corrected chi connectivity index (χ3v) is 4.27. The van der Waals surface area contributed by atoms with Crippen LogP contribution < -0.4 is 10.1 Å².